The number of hydrogen-bond acceptors (Lipinski definition) is 3. The average molecular weight is 232 g/mol. The van der Waals surface area contributed by atoms with E-state index in [0.717, 1.165) is 4.88 Å². The molecule has 0 aliphatic carbocycles. The van der Waals surface area contributed by atoms with Crippen molar-refractivity contribution in [2.24, 2.45) is 0 Å². The molecule has 0 bridgehead atoms. The number of nitrogens with zero attached hydrogens (tertiary/aromatic N) is 2. The monoisotopic (exact) mass is 232 g/mol. The van der Waals surface area contributed by atoms with Gasteiger partial charge in [0.1, 0.15) is 11.4 Å². The van der Waals surface area contributed by atoms with Crippen molar-refractivity contribution in [1.82, 2.24) is 9.78 Å². The molecule has 80 valence electrons. The molecule has 0 atom stereocenters. The quantitative estimate of drug-likeness (QED) is 0.802. The van der Waals surface area contributed by atoms with Crippen molar-refractivity contribution < 1.29 is 9.90 Å². The van der Waals surface area contributed by atoms with Crippen molar-refractivity contribution in [3.05, 3.63) is 40.3 Å². The van der Waals surface area contributed by atoms with Crippen LogP contribution in [-0.2, 0) is 6.54 Å². The topological polar surface area (TPSA) is 55.1 Å². The Morgan fingerprint density at radius 2 is 2.44 bits per heavy atom. The van der Waals surface area contributed by atoms with E-state index in [1.165, 1.54) is 11.3 Å². The molecule has 2 aromatic rings. The maximum atomic E-state index is 10.6. The molecule has 0 fully saturated rings. The van der Waals surface area contributed by atoms with Crippen LogP contribution in [0, 0.1) is 11.8 Å². The molecule has 0 radical (unpaired) electrons. The van der Waals surface area contributed by atoms with Crippen LogP contribution in [0.25, 0.3) is 0 Å². The van der Waals surface area contributed by atoms with Gasteiger partial charge in [0.15, 0.2) is 0 Å². The maximum absolute atomic E-state index is 10.6. The fourth-order valence-electron chi connectivity index (χ4n) is 1.12. The molecule has 2 aromatic heterocycles. The van der Waals surface area contributed by atoms with E-state index in [1.807, 2.05) is 12.3 Å². The second kappa shape index (κ2) is 4.64. The zero-order valence-corrected chi connectivity index (χ0v) is 9.07. The highest BCUT2D eigenvalue weighted by atomic mass is 32.1. The Morgan fingerprint density at radius 1 is 1.56 bits per heavy atom. The lowest BCUT2D eigenvalue weighted by molar-refractivity contribution is 0.0702. The average Bonchev–Trinajstić information content (AvgIpc) is 2.87. The second-order valence-corrected chi connectivity index (χ2v) is 4.06. The van der Waals surface area contributed by atoms with Gasteiger partial charge in [-0.2, -0.15) is 5.10 Å². The first kappa shape index (κ1) is 10.5. The normalized spacial score (nSPS) is 9.50. The van der Waals surface area contributed by atoms with Gasteiger partial charge in [0.2, 0.25) is 0 Å². The first-order valence-electron chi connectivity index (χ1n) is 4.55. The van der Waals surface area contributed by atoms with Crippen molar-refractivity contribution >= 4 is 17.3 Å². The zero-order valence-electron chi connectivity index (χ0n) is 8.25. The molecule has 4 nitrogen and oxygen atoms in total. The first-order valence-corrected chi connectivity index (χ1v) is 5.37. The summed E-state index contributed by atoms with van der Waals surface area (Å²) < 4.78 is 1.71. The summed E-state index contributed by atoms with van der Waals surface area (Å²) in [6, 6.07) is 5.10. The number of carboxylic acids is 1. The van der Waals surface area contributed by atoms with Crippen LogP contribution in [0.3, 0.4) is 0 Å². The minimum Gasteiger partial charge on any atom is -0.477 e. The molecular weight excluding hydrogens is 224 g/mol. The summed E-state index contributed by atoms with van der Waals surface area (Å²) in [4.78, 5) is 11.7. The van der Waals surface area contributed by atoms with Crippen molar-refractivity contribution in [3.63, 3.8) is 0 Å². The lowest BCUT2D eigenvalue weighted by Gasteiger charge is -1.89. The first-order chi connectivity index (χ1) is 7.75. The van der Waals surface area contributed by atoms with Gasteiger partial charge >= 0.3 is 5.97 Å². The molecular formula is C11H8N2O2S. The van der Waals surface area contributed by atoms with E-state index in [0.29, 0.717) is 11.4 Å². The second-order valence-electron chi connectivity index (χ2n) is 2.97. The smallest absolute Gasteiger partial charge is 0.345 e. The van der Waals surface area contributed by atoms with Gasteiger partial charge in [-0.1, -0.05) is 11.8 Å². The predicted molar refractivity (Wildman–Crippen MR) is 60.4 cm³/mol. The Labute approximate surface area is 96.2 Å². The molecule has 16 heavy (non-hydrogen) atoms. The largest absolute Gasteiger partial charge is 0.477 e. The minimum atomic E-state index is -0.912. The van der Waals surface area contributed by atoms with Gasteiger partial charge in [0.05, 0.1) is 4.88 Å². The third kappa shape index (κ3) is 2.49. The van der Waals surface area contributed by atoms with E-state index in [4.69, 9.17) is 5.11 Å². The lowest BCUT2D eigenvalue weighted by atomic mass is 10.4. The third-order valence-corrected chi connectivity index (χ3v) is 2.82. The van der Waals surface area contributed by atoms with Crippen molar-refractivity contribution in [2.75, 3.05) is 0 Å². The van der Waals surface area contributed by atoms with Crippen molar-refractivity contribution in [2.45, 2.75) is 6.54 Å². The highest BCUT2D eigenvalue weighted by Crippen LogP contribution is 2.14. The molecule has 2 heterocycles. The highest BCUT2D eigenvalue weighted by Gasteiger charge is 2.04. The number of aromatic carboxylic acids is 1. The van der Waals surface area contributed by atoms with Gasteiger partial charge in [-0.05, 0) is 18.2 Å². The predicted octanol–water partition coefficient (Wildman–Crippen LogP) is 1.69. The zero-order chi connectivity index (χ0) is 11.4. The van der Waals surface area contributed by atoms with E-state index >= 15 is 0 Å². The van der Waals surface area contributed by atoms with E-state index in [2.05, 4.69) is 16.9 Å². The van der Waals surface area contributed by atoms with E-state index in [9.17, 15) is 4.79 Å². The van der Waals surface area contributed by atoms with Crippen LogP contribution in [0.1, 0.15) is 14.5 Å². The molecule has 0 aliphatic heterocycles. The molecule has 0 saturated carbocycles. The fourth-order valence-corrected chi connectivity index (χ4v) is 1.84. The summed E-state index contributed by atoms with van der Waals surface area (Å²) in [7, 11) is 0. The van der Waals surface area contributed by atoms with Crippen LogP contribution in [0.4, 0.5) is 0 Å². The number of hydrogen-bond donors (Lipinski definition) is 1. The van der Waals surface area contributed by atoms with Crippen molar-refractivity contribution in [1.29, 1.82) is 0 Å². The molecule has 0 aliphatic rings. The third-order valence-electron chi connectivity index (χ3n) is 1.83. The van der Waals surface area contributed by atoms with Crippen LogP contribution < -0.4 is 0 Å². The van der Waals surface area contributed by atoms with Crippen molar-refractivity contribution in [3.8, 4) is 11.8 Å². The SMILES string of the molecule is O=C(O)c1ccc(C#CCn2cccn2)s1. The van der Waals surface area contributed by atoms with E-state index in [1.54, 1.807) is 23.0 Å². The lowest BCUT2D eigenvalue weighted by Crippen LogP contribution is -1.94. The molecule has 0 amide bonds. The molecule has 5 heteroatoms. The molecule has 2 rings (SSSR count). The number of carboxylic acid groups (broad SMARTS) is 1. The number of thiophene rings is 1. The van der Waals surface area contributed by atoms with Gasteiger partial charge < -0.3 is 5.11 Å². The fraction of sp³-hybridized carbons (Fsp3) is 0.0909. The molecule has 1 N–H and O–H groups in total. The summed E-state index contributed by atoms with van der Waals surface area (Å²) >= 11 is 1.18. The van der Waals surface area contributed by atoms with Gasteiger partial charge in [0.25, 0.3) is 0 Å². The van der Waals surface area contributed by atoms with Crippen LogP contribution >= 0.6 is 11.3 Å². The van der Waals surface area contributed by atoms with Gasteiger partial charge in [-0.25, -0.2) is 4.79 Å². The summed E-state index contributed by atoms with van der Waals surface area (Å²) in [5, 5.41) is 12.7. The number of aromatic nitrogens is 2. The highest BCUT2D eigenvalue weighted by molar-refractivity contribution is 7.14. The Kier molecular flexibility index (Phi) is 3.03. The van der Waals surface area contributed by atoms with Gasteiger partial charge in [-0.3, -0.25) is 4.68 Å². The summed E-state index contributed by atoms with van der Waals surface area (Å²) in [6.45, 7) is 0.507. The van der Waals surface area contributed by atoms with Crippen LogP contribution in [-0.4, -0.2) is 20.9 Å². The Hall–Kier alpha value is -2.06. The number of carbonyl (C=O) groups is 1. The molecule has 0 spiro atoms. The molecule has 0 saturated heterocycles. The number of rotatable bonds is 2. The van der Waals surface area contributed by atoms with E-state index in [-0.39, 0.29) is 0 Å². The Balaban J connectivity index is 2.03. The summed E-state index contributed by atoms with van der Waals surface area (Å²) in [6.07, 6.45) is 3.52. The van der Waals surface area contributed by atoms with Crippen LogP contribution in [0.5, 0.6) is 0 Å². The van der Waals surface area contributed by atoms with Gasteiger partial charge in [0, 0.05) is 12.4 Å². The summed E-state index contributed by atoms with van der Waals surface area (Å²) in [5.74, 6) is 4.91. The standard InChI is InChI=1S/C11H8N2O2S/c14-11(15)10-5-4-9(16-10)3-1-7-13-8-2-6-12-13/h2,4-6,8H,7H2,(H,14,15). The van der Waals surface area contributed by atoms with Crippen LogP contribution in [0.2, 0.25) is 0 Å². The maximum Gasteiger partial charge on any atom is 0.345 e. The van der Waals surface area contributed by atoms with Crippen LogP contribution in [0.15, 0.2) is 30.6 Å². The summed E-state index contributed by atoms with van der Waals surface area (Å²) in [5.41, 5.74) is 0. The minimum absolute atomic E-state index is 0.309. The van der Waals surface area contributed by atoms with Gasteiger partial charge in [-0.15, -0.1) is 11.3 Å². The molecule has 0 aromatic carbocycles. The van der Waals surface area contributed by atoms with E-state index < -0.39 is 5.97 Å². The molecule has 0 unspecified atom stereocenters. The Morgan fingerprint density at radius 3 is 3.06 bits per heavy atom. The Bertz CT molecular complexity index is 546.